The van der Waals surface area contributed by atoms with Crippen molar-refractivity contribution in [3.63, 3.8) is 0 Å². The van der Waals surface area contributed by atoms with Gasteiger partial charge in [0.25, 0.3) is 0 Å². The molecule has 0 saturated heterocycles. The Hall–Kier alpha value is -1.13. The minimum atomic E-state index is -0.579. The van der Waals surface area contributed by atoms with Crippen LogP contribution < -0.4 is 5.73 Å². The van der Waals surface area contributed by atoms with Crippen molar-refractivity contribution in [3.05, 3.63) is 35.3 Å². The zero-order valence-electron chi connectivity index (χ0n) is 13.8. The van der Waals surface area contributed by atoms with Gasteiger partial charge in [-0.15, -0.1) is 0 Å². The lowest BCUT2D eigenvalue weighted by atomic mass is 9.48. The van der Waals surface area contributed by atoms with Crippen LogP contribution >= 0.6 is 0 Å². The number of hydrogen-bond acceptors (Lipinski definition) is 3. The summed E-state index contributed by atoms with van der Waals surface area (Å²) < 4.78 is 14.2. The third kappa shape index (κ3) is 1.88. The SMILES string of the molecule is C[C@]12C=C[C@H](O)CC1=C[C@H](O)[C@@H]1[C@@H]2CC[C@]2(C)C(N)=C(F)C[C@@H]12. The molecule has 0 unspecified atom stereocenters. The first-order valence-corrected chi connectivity index (χ1v) is 8.68. The molecule has 1 saturated carbocycles. The minimum Gasteiger partial charge on any atom is -0.400 e. The van der Waals surface area contributed by atoms with E-state index in [1.54, 1.807) is 0 Å². The zero-order valence-corrected chi connectivity index (χ0v) is 13.8. The predicted molar refractivity (Wildman–Crippen MR) is 86.7 cm³/mol. The van der Waals surface area contributed by atoms with Gasteiger partial charge in [0.2, 0.25) is 0 Å². The fourth-order valence-electron chi connectivity index (χ4n) is 5.88. The quantitative estimate of drug-likeness (QED) is 0.602. The van der Waals surface area contributed by atoms with E-state index in [0.29, 0.717) is 18.5 Å². The summed E-state index contributed by atoms with van der Waals surface area (Å²) >= 11 is 0. The van der Waals surface area contributed by atoms with Crippen LogP contribution in [0.2, 0.25) is 0 Å². The Morgan fingerprint density at radius 1 is 1.22 bits per heavy atom. The van der Waals surface area contributed by atoms with E-state index in [1.165, 1.54) is 0 Å². The zero-order chi connectivity index (χ0) is 16.6. The van der Waals surface area contributed by atoms with E-state index in [9.17, 15) is 14.6 Å². The molecule has 126 valence electrons. The van der Waals surface area contributed by atoms with Crippen molar-refractivity contribution in [2.24, 2.45) is 34.3 Å². The van der Waals surface area contributed by atoms with E-state index >= 15 is 0 Å². The van der Waals surface area contributed by atoms with Crippen LogP contribution in [0.4, 0.5) is 4.39 Å². The molecule has 0 bridgehead atoms. The van der Waals surface area contributed by atoms with Crippen molar-refractivity contribution in [3.8, 4) is 0 Å². The summed E-state index contributed by atoms with van der Waals surface area (Å²) in [5.74, 6) is 0.179. The Balaban J connectivity index is 1.77. The summed E-state index contributed by atoms with van der Waals surface area (Å²) in [5, 5.41) is 20.7. The maximum absolute atomic E-state index is 14.2. The maximum Gasteiger partial charge on any atom is 0.119 e. The average Bonchev–Trinajstić information content (AvgIpc) is 2.73. The van der Waals surface area contributed by atoms with E-state index < -0.39 is 12.2 Å². The van der Waals surface area contributed by atoms with Gasteiger partial charge in [-0.05, 0) is 37.0 Å². The van der Waals surface area contributed by atoms with Crippen LogP contribution in [0, 0.1) is 28.6 Å². The number of allylic oxidation sites excluding steroid dienone is 3. The van der Waals surface area contributed by atoms with Crippen LogP contribution in [0.15, 0.2) is 35.3 Å². The molecule has 4 aliphatic rings. The van der Waals surface area contributed by atoms with Gasteiger partial charge in [0.1, 0.15) is 5.83 Å². The summed E-state index contributed by atoms with van der Waals surface area (Å²) in [5.41, 5.74) is 7.14. The molecular formula is C19H26FNO2. The van der Waals surface area contributed by atoms with Crippen LogP contribution in [-0.4, -0.2) is 22.4 Å². The van der Waals surface area contributed by atoms with Crippen molar-refractivity contribution in [2.75, 3.05) is 0 Å². The second kappa shape index (κ2) is 4.70. The van der Waals surface area contributed by atoms with Gasteiger partial charge >= 0.3 is 0 Å². The maximum atomic E-state index is 14.2. The molecule has 1 fully saturated rings. The van der Waals surface area contributed by atoms with Crippen LogP contribution in [0.25, 0.3) is 0 Å². The molecule has 0 aliphatic heterocycles. The Labute approximate surface area is 136 Å². The van der Waals surface area contributed by atoms with Gasteiger partial charge in [0.05, 0.1) is 12.2 Å². The molecular weight excluding hydrogens is 293 g/mol. The topological polar surface area (TPSA) is 66.5 Å². The lowest BCUT2D eigenvalue weighted by Crippen LogP contribution is -2.53. The van der Waals surface area contributed by atoms with Crippen molar-refractivity contribution in [1.82, 2.24) is 0 Å². The van der Waals surface area contributed by atoms with Gasteiger partial charge in [-0.25, -0.2) is 4.39 Å². The molecule has 4 heteroatoms. The van der Waals surface area contributed by atoms with E-state index in [4.69, 9.17) is 5.73 Å². The van der Waals surface area contributed by atoms with Crippen LogP contribution in [-0.2, 0) is 0 Å². The first kappa shape index (κ1) is 15.4. The van der Waals surface area contributed by atoms with E-state index in [-0.39, 0.29) is 34.4 Å². The fourth-order valence-corrected chi connectivity index (χ4v) is 5.88. The largest absolute Gasteiger partial charge is 0.400 e. The number of aliphatic hydroxyl groups excluding tert-OH is 2. The molecule has 4 aliphatic carbocycles. The van der Waals surface area contributed by atoms with Gasteiger partial charge in [-0.1, -0.05) is 37.6 Å². The fraction of sp³-hybridized carbons (Fsp3) is 0.684. The molecule has 4 N–H and O–H groups in total. The number of aliphatic hydroxyl groups is 2. The summed E-state index contributed by atoms with van der Waals surface area (Å²) in [6, 6.07) is 0. The summed E-state index contributed by atoms with van der Waals surface area (Å²) in [6.45, 7) is 4.26. The highest BCUT2D eigenvalue weighted by Crippen LogP contribution is 2.64. The Morgan fingerprint density at radius 2 is 1.96 bits per heavy atom. The van der Waals surface area contributed by atoms with Gasteiger partial charge < -0.3 is 15.9 Å². The number of nitrogens with two attached hydrogens (primary N) is 1. The number of hydrogen-bond donors (Lipinski definition) is 3. The predicted octanol–water partition coefficient (Wildman–Crippen LogP) is 2.81. The average molecular weight is 319 g/mol. The standard InChI is InChI=1S/C19H26FNO2/c1-18-5-3-11(22)7-10(18)8-15(23)16-12(18)4-6-19(2)13(16)9-14(20)17(19)21/h3,5,8,11-13,15-16,22-23H,4,6-7,9,21H2,1-2H3/t11-,12-,13-,15-,16+,18-,19-/m0/s1. The van der Waals surface area contributed by atoms with Gasteiger partial charge in [0, 0.05) is 22.9 Å². The van der Waals surface area contributed by atoms with Gasteiger partial charge in [-0.3, -0.25) is 0 Å². The minimum absolute atomic E-state index is 0.0224. The Kier molecular flexibility index (Phi) is 3.15. The van der Waals surface area contributed by atoms with Crippen molar-refractivity contribution in [2.45, 2.75) is 51.7 Å². The number of rotatable bonds is 0. The number of halogens is 1. The smallest absolute Gasteiger partial charge is 0.119 e. The van der Waals surface area contributed by atoms with Crippen LogP contribution in [0.5, 0.6) is 0 Å². The molecule has 0 aromatic rings. The highest BCUT2D eigenvalue weighted by atomic mass is 19.1. The number of fused-ring (bicyclic) bond motifs is 5. The van der Waals surface area contributed by atoms with E-state index in [0.717, 1.165) is 18.4 Å². The van der Waals surface area contributed by atoms with Crippen LogP contribution in [0.3, 0.4) is 0 Å². The molecule has 7 atom stereocenters. The summed E-state index contributed by atoms with van der Waals surface area (Å²) in [4.78, 5) is 0. The molecule has 0 spiro atoms. The third-order valence-corrected chi connectivity index (χ3v) is 7.35. The van der Waals surface area contributed by atoms with Gasteiger partial charge in [0.15, 0.2) is 0 Å². The van der Waals surface area contributed by atoms with Crippen molar-refractivity contribution >= 4 is 0 Å². The van der Waals surface area contributed by atoms with E-state index in [2.05, 4.69) is 19.9 Å². The highest BCUT2D eigenvalue weighted by Gasteiger charge is 2.59. The Morgan fingerprint density at radius 3 is 2.70 bits per heavy atom. The van der Waals surface area contributed by atoms with Gasteiger partial charge in [-0.2, -0.15) is 0 Å². The monoisotopic (exact) mass is 319 g/mol. The molecule has 0 aromatic heterocycles. The molecule has 23 heavy (non-hydrogen) atoms. The second-order valence-electron chi connectivity index (χ2n) is 8.36. The lowest BCUT2D eigenvalue weighted by molar-refractivity contribution is -0.0563. The molecule has 4 rings (SSSR count). The molecule has 0 heterocycles. The normalized spacial score (nSPS) is 51.9. The molecule has 0 aromatic carbocycles. The Bertz CT molecular complexity index is 639. The molecule has 0 radical (unpaired) electrons. The second-order valence-corrected chi connectivity index (χ2v) is 8.36. The highest BCUT2D eigenvalue weighted by molar-refractivity contribution is 5.36. The molecule has 0 amide bonds. The molecule has 3 nitrogen and oxygen atoms in total. The first-order chi connectivity index (χ1) is 10.8. The van der Waals surface area contributed by atoms with Crippen LogP contribution in [0.1, 0.15) is 39.5 Å². The lowest BCUT2D eigenvalue weighted by Gasteiger charge is -2.57. The summed E-state index contributed by atoms with van der Waals surface area (Å²) in [7, 11) is 0. The van der Waals surface area contributed by atoms with Crippen molar-refractivity contribution < 1.29 is 14.6 Å². The van der Waals surface area contributed by atoms with E-state index in [1.807, 2.05) is 12.2 Å². The first-order valence-electron chi connectivity index (χ1n) is 8.68. The van der Waals surface area contributed by atoms with Crippen molar-refractivity contribution in [1.29, 1.82) is 0 Å². The third-order valence-electron chi connectivity index (χ3n) is 7.35. The summed E-state index contributed by atoms with van der Waals surface area (Å²) in [6.07, 6.45) is 7.60.